The van der Waals surface area contributed by atoms with E-state index in [-0.39, 0.29) is 13.2 Å². The van der Waals surface area contributed by atoms with Crippen LogP contribution in [0.4, 0.5) is 0 Å². The Kier molecular flexibility index (Phi) is 15.6. The van der Waals surface area contributed by atoms with Gasteiger partial charge in [0.15, 0.2) is 18.5 Å². The Morgan fingerprint density at radius 3 is 1.54 bits per heavy atom. The van der Waals surface area contributed by atoms with Crippen LogP contribution < -0.4 is 0 Å². The number of aryl methyl sites for hydroxylation is 1. The lowest BCUT2D eigenvalue weighted by molar-refractivity contribution is -0.163. The van der Waals surface area contributed by atoms with Crippen molar-refractivity contribution in [2.45, 2.75) is 142 Å². The summed E-state index contributed by atoms with van der Waals surface area (Å²) in [5.41, 5.74) is 4.36. The SMILES string of the molecule is CCCCCC1CCC(CCCCc2ccc(-c3ccc(C4O[C@@H](C(=O)OCCCC)[C@H](C(=O)OCCCC)O4)cc3)cc2)CC1. The van der Waals surface area contributed by atoms with Crippen LogP contribution in [0, 0.1) is 11.8 Å². The van der Waals surface area contributed by atoms with Crippen molar-refractivity contribution in [1.29, 1.82) is 0 Å². The van der Waals surface area contributed by atoms with Gasteiger partial charge in [-0.3, -0.25) is 0 Å². The fraction of sp³-hybridized carbons (Fsp3) is 0.650. The van der Waals surface area contributed by atoms with Crippen LogP contribution in [0.1, 0.15) is 135 Å². The molecule has 1 saturated heterocycles. The van der Waals surface area contributed by atoms with E-state index in [1.54, 1.807) is 0 Å². The van der Waals surface area contributed by atoms with E-state index in [0.29, 0.717) is 0 Å². The number of hydrogen-bond acceptors (Lipinski definition) is 6. The molecule has 0 N–H and O–H groups in total. The largest absolute Gasteiger partial charge is 0.464 e. The van der Waals surface area contributed by atoms with Crippen molar-refractivity contribution in [3.05, 3.63) is 59.7 Å². The van der Waals surface area contributed by atoms with Crippen molar-refractivity contribution in [3.63, 3.8) is 0 Å². The molecule has 2 fully saturated rings. The van der Waals surface area contributed by atoms with E-state index in [0.717, 1.165) is 60.6 Å². The molecule has 0 unspecified atom stereocenters. The molecule has 2 aromatic rings. The van der Waals surface area contributed by atoms with E-state index in [2.05, 4.69) is 31.2 Å². The standard InChI is InChI=1S/C40H58O6/c1-4-7-10-13-30-16-18-31(19-17-30)14-11-12-15-32-20-22-33(23-21-32)34-24-26-35(27-25-34)40-45-36(38(41)43-28-8-5-2)37(46-40)39(42)44-29-9-6-3/h20-27,30-31,36-37,40H,4-19,28-29H2,1-3H3/t30?,31?,36-,37-/m1/s1. The molecule has 254 valence electrons. The van der Waals surface area contributed by atoms with Crippen LogP contribution in [0.15, 0.2) is 48.5 Å². The van der Waals surface area contributed by atoms with E-state index in [9.17, 15) is 9.59 Å². The summed E-state index contributed by atoms with van der Waals surface area (Å²) < 4.78 is 22.6. The minimum atomic E-state index is -1.15. The first kappa shape index (κ1) is 36.1. The topological polar surface area (TPSA) is 71.1 Å². The van der Waals surface area contributed by atoms with Crippen LogP contribution in [0.25, 0.3) is 11.1 Å². The molecule has 2 atom stereocenters. The molecular weight excluding hydrogens is 576 g/mol. The van der Waals surface area contributed by atoms with E-state index >= 15 is 0 Å². The minimum Gasteiger partial charge on any atom is -0.464 e. The number of rotatable bonds is 19. The highest BCUT2D eigenvalue weighted by molar-refractivity contribution is 5.86. The molecule has 1 heterocycles. The molecule has 4 rings (SSSR count). The molecule has 0 radical (unpaired) electrons. The second-order valence-electron chi connectivity index (χ2n) is 13.4. The van der Waals surface area contributed by atoms with Gasteiger partial charge in [0.2, 0.25) is 0 Å². The summed E-state index contributed by atoms with van der Waals surface area (Å²) in [6.07, 6.45) is 16.7. The molecule has 2 aromatic carbocycles. The fourth-order valence-corrected chi connectivity index (χ4v) is 6.71. The zero-order chi connectivity index (χ0) is 32.6. The minimum absolute atomic E-state index is 0.283. The molecule has 1 aliphatic heterocycles. The van der Waals surface area contributed by atoms with Crippen molar-refractivity contribution >= 4 is 11.9 Å². The Hall–Kier alpha value is -2.70. The van der Waals surface area contributed by atoms with E-state index < -0.39 is 30.4 Å². The van der Waals surface area contributed by atoms with Gasteiger partial charge in [-0.1, -0.05) is 146 Å². The fourth-order valence-electron chi connectivity index (χ4n) is 6.71. The zero-order valence-electron chi connectivity index (χ0n) is 28.7. The summed E-state index contributed by atoms with van der Waals surface area (Å²) >= 11 is 0. The summed E-state index contributed by atoms with van der Waals surface area (Å²) in [5.74, 6) is 0.762. The van der Waals surface area contributed by atoms with Crippen LogP contribution in [0.3, 0.4) is 0 Å². The van der Waals surface area contributed by atoms with E-state index in [1.807, 2.05) is 38.1 Å². The van der Waals surface area contributed by atoms with Crippen molar-refractivity contribution < 1.29 is 28.5 Å². The van der Waals surface area contributed by atoms with Gasteiger partial charge in [-0.2, -0.15) is 0 Å². The van der Waals surface area contributed by atoms with Gasteiger partial charge in [0.1, 0.15) is 0 Å². The molecule has 46 heavy (non-hydrogen) atoms. The third-order valence-electron chi connectivity index (χ3n) is 9.74. The average molecular weight is 635 g/mol. The maximum atomic E-state index is 12.8. The van der Waals surface area contributed by atoms with Crippen LogP contribution in [0.5, 0.6) is 0 Å². The summed E-state index contributed by atoms with van der Waals surface area (Å²) in [6, 6.07) is 16.8. The van der Waals surface area contributed by atoms with Gasteiger partial charge in [0.05, 0.1) is 13.2 Å². The number of hydrogen-bond donors (Lipinski definition) is 0. The third kappa shape index (κ3) is 11.2. The number of carbonyl (C=O) groups excluding carboxylic acids is 2. The smallest absolute Gasteiger partial charge is 0.338 e. The van der Waals surface area contributed by atoms with Crippen molar-refractivity contribution in [2.75, 3.05) is 13.2 Å². The lowest BCUT2D eigenvalue weighted by Gasteiger charge is -2.28. The van der Waals surface area contributed by atoms with Gasteiger partial charge in [0, 0.05) is 5.56 Å². The summed E-state index contributed by atoms with van der Waals surface area (Å²) in [4.78, 5) is 25.6. The third-order valence-corrected chi connectivity index (χ3v) is 9.74. The van der Waals surface area contributed by atoms with Gasteiger partial charge in [-0.25, -0.2) is 9.59 Å². The Balaban J connectivity index is 1.24. The molecule has 0 aromatic heterocycles. The maximum absolute atomic E-state index is 12.8. The molecule has 2 aliphatic rings. The molecule has 6 nitrogen and oxygen atoms in total. The summed E-state index contributed by atoms with van der Waals surface area (Å²) in [6.45, 7) is 6.91. The lowest BCUT2D eigenvalue weighted by Crippen LogP contribution is -2.39. The van der Waals surface area contributed by atoms with Gasteiger partial charge in [-0.05, 0) is 54.2 Å². The maximum Gasteiger partial charge on any atom is 0.338 e. The van der Waals surface area contributed by atoms with E-state index in [4.69, 9.17) is 18.9 Å². The monoisotopic (exact) mass is 634 g/mol. The first-order chi connectivity index (χ1) is 22.5. The van der Waals surface area contributed by atoms with Crippen LogP contribution >= 0.6 is 0 Å². The predicted octanol–water partition coefficient (Wildman–Crippen LogP) is 9.92. The Bertz CT molecular complexity index is 1120. The highest BCUT2D eigenvalue weighted by Crippen LogP contribution is 2.36. The van der Waals surface area contributed by atoms with Gasteiger partial charge in [0.25, 0.3) is 0 Å². The van der Waals surface area contributed by atoms with Crippen molar-refractivity contribution in [3.8, 4) is 11.1 Å². The second-order valence-corrected chi connectivity index (χ2v) is 13.4. The normalized spacial score (nSPS) is 21.7. The lowest BCUT2D eigenvalue weighted by atomic mass is 9.78. The zero-order valence-corrected chi connectivity index (χ0v) is 28.7. The van der Waals surface area contributed by atoms with Gasteiger partial charge in [-0.15, -0.1) is 0 Å². The molecule has 0 amide bonds. The second kappa shape index (κ2) is 19.8. The molecule has 6 heteroatoms. The van der Waals surface area contributed by atoms with Crippen LogP contribution in [-0.2, 0) is 35.0 Å². The molecule has 1 saturated carbocycles. The van der Waals surface area contributed by atoms with Gasteiger partial charge >= 0.3 is 11.9 Å². The van der Waals surface area contributed by atoms with Crippen molar-refractivity contribution in [2.24, 2.45) is 11.8 Å². The Labute approximate surface area is 277 Å². The summed E-state index contributed by atoms with van der Waals surface area (Å²) in [7, 11) is 0. The number of ether oxygens (including phenoxy) is 4. The quantitative estimate of drug-likeness (QED) is 0.113. The first-order valence-electron chi connectivity index (χ1n) is 18.4. The Morgan fingerprint density at radius 1 is 0.609 bits per heavy atom. The van der Waals surface area contributed by atoms with Gasteiger partial charge < -0.3 is 18.9 Å². The molecular formula is C40H58O6. The summed E-state index contributed by atoms with van der Waals surface area (Å²) in [5, 5.41) is 0. The van der Waals surface area contributed by atoms with Crippen LogP contribution in [-0.4, -0.2) is 37.4 Å². The number of unbranched alkanes of at least 4 members (excludes halogenated alkanes) is 5. The molecule has 1 aliphatic carbocycles. The average Bonchev–Trinajstić information content (AvgIpc) is 3.54. The Morgan fingerprint density at radius 2 is 1.07 bits per heavy atom. The molecule has 0 spiro atoms. The number of benzene rings is 2. The molecule has 0 bridgehead atoms. The van der Waals surface area contributed by atoms with Crippen LogP contribution in [0.2, 0.25) is 0 Å². The van der Waals surface area contributed by atoms with Crippen molar-refractivity contribution in [1.82, 2.24) is 0 Å². The number of esters is 2. The highest BCUT2D eigenvalue weighted by Gasteiger charge is 2.47. The highest BCUT2D eigenvalue weighted by atomic mass is 16.8. The number of carbonyl (C=O) groups is 2. The predicted molar refractivity (Wildman–Crippen MR) is 183 cm³/mol. The van der Waals surface area contributed by atoms with E-state index in [1.165, 1.54) is 76.2 Å². The first-order valence-corrected chi connectivity index (χ1v) is 18.4.